The molecule has 0 saturated heterocycles. The van der Waals surface area contributed by atoms with Gasteiger partial charge in [0.15, 0.2) is 0 Å². The van der Waals surface area contributed by atoms with Crippen molar-refractivity contribution in [3.63, 3.8) is 0 Å². The van der Waals surface area contributed by atoms with Crippen LogP contribution < -0.4 is 4.74 Å². The fraction of sp³-hybridized carbons (Fsp3) is 0.227. The molecule has 0 aliphatic heterocycles. The molecule has 0 bridgehead atoms. The van der Waals surface area contributed by atoms with Gasteiger partial charge in [0, 0.05) is 6.61 Å². The van der Waals surface area contributed by atoms with Crippen LogP contribution in [-0.4, -0.2) is 22.8 Å². The quantitative estimate of drug-likeness (QED) is 0.590. The number of ether oxygens (including phenoxy) is 1. The van der Waals surface area contributed by atoms with Crippen molar-refractivity contribution in [3.8, 4) is 5.75 Å². The Morgan fingerprint density at radius 2 is 1.77 bits per heavy atom. The number of aromatic carboxylic acids is 1. The largest absolute Gasteiger partial charge is 0.488 e. The van der Waals surface area contributed by atoms with Gasteiger partial charge in [0.25, 0.3) is 0 Å². The first-order chi connectivity index (χ1) is 12.7. The second-order valence-electron chi connectivity index (χ2n) is 6.24. The maximum Gasteiger partial charge on any atom is 0.339 e. The molecule has 2 N–H and O–H groups in total. The summed E-state index contributed by atoms with van der Waals surface area (Å²) in [5.41, 5.74) is 2.19. The van der Waals surface area contributed by atoms with Crippen molar-refractivity contribution in [1.82, 2.24) is 0 Å². The Balaban J connectivity index is 1.83. The molecule has 0 aliphatic rings. The van der Waals surface area contributed by atoms with Crippen LogP contribution in [0.3, 0.4) is 0 Å². The van der Waals surface area contributed by atoms with E-state index in [2.05, 4.69) is 0 Å². The minimum absolute atomic E-state index is 0.163. The van der Waals surface area contributed by atoms with Crippen LogP contribution in [0.1, 0.15) is 34.3 Å². The fourth-order valence-electron chi connectivity index (χ4n) is 3.03. The number of carbonyl (C=O) groups is 1. The summed E-state index contributed by atoms with van der Waals surface area (Å²) in [5.74, 6) is -0.619. The van der Waals surface area contributed by atoms with Crippen LogP contribution >= 0.6 is 0 Å². The summed E-state index contributed by atoms with van der Waals surface area (Å²) in [6, 6.07) is 19.3. The van der Waals surface area contributed by atoms with E-state index in [4.69, 9.17) is 9.84 Å². The lowest BCUT2D eigenvalue weighted by atomic mass is 10.0. The van der Waals surface area contributed by atoms with Gasteiger partial charge in [-0.3, -0.25) is 0 Å². The third kappa shape index (κ3) is 4.21. The van der Waals surface area contributed by atoms with Gasteiger partial charge < -0.3 is 14.9 Å². The Hall–Kier alpha value is -2.85. The monoisotopic (exact) mass is 350 g/mol. The Kier molecular flexibility index (Phi) is 5.87. The van der Waals surface area contributed by atoms with E-state index in [1.54, 1.807) is 12.1 Å². The highest BCUT2D eigenvalue weighted by molar-refractivity contribution is 5.91. The Bertz CT molecular complexity index is 896. The molecule has 0 aliphatic carbocycles. The molecular formula is C22H22O4. The van der Waals surface area contributed by atoms with Crippen molar-refractivity contribution < 1.29 is 19.7 Å². The highest BCUT2D eigenvalue weighted by Crippen LogP contribution is 2.25. The van der Waals surface area contributed by atoms with Gasteiger partial charge in [0.05, 0.1) is 0 Å². The Morgan fingerprint density at radius 1 is 0.962 bits per heavy atom. The van der Waals surface area contributed by atoms with E-state index < -0.39 is 5.97 Å². The number of carboxylic acids is 1. The average molecular weight is 350 g/mol. The number of hydrogen-bond donors (Lipinski definition) is 2. The summed E-state index contributed by atoms with van der Waals surface area (Å²) in [6.07, 6.45) is 2.36. The van der Waals surface area contributed by atoms with E-state index >= 15 is 0 Å². The van der Waals surface area contributed by atoms with Crippen LogP contribution in [0.4, 0.5) is 0 Å². The summed E-state index contributed by atoms with van der Waals surface area (Å²) in [5, 5.41) is 20.6. The number of unbranched alkanes of at least 4 members (excludes halogenated alkanes) is 1. The molecule has 0 spiro atoms. The smallest absolute Gasteiger partial charge is 0.339 e. The number of aliphatic hydroxyl groups is 1. The molecule has 0 fully saturated rings. The lowest BCUT2D eigenvalue weighted by Crippen LogP contribution is -2.05. The first kappa shape index (κ1) is 18.0. The van der Waals surface area contributed by atoms with Gasteiger partial charge in [0.1, 0.15) is 17.9 Å². The predicted octanol–water partition coefficient (Wildman–Crippen LogP) is 4.43. The molecule has 4 heteroatoms. The Labute approximate surface area is 152 Å². The van der Waals surface area contributed by atoms with Crippen LogP contribution in [0.5, 0.6) is 5.75 Å². The van der Waals surface area contributed by atoms with E-state index in [0.717, 1.165) is 41.2 Å². The zero-order valence-corrected chi connectivity index (χ0v) is 14.5. The summed E-state index contributed by atoms with van der Waals surface area (Å²) >= 11 is 0. The molecule has 0 amide bonds. The first-order valence-electron chi connectivity index (χ1n) is 8.75. The summed E-state index contributed by atoms with van der Waals surface area (Å²) in [6.45, 7) is 0.472. The molecule has 0 heterocycles. The van der Waals surface area contributed by atoms with Gasteiger partial charge in [-0.1, -0.05) is 48.5 Å². The zero-order chi connectivity index (χ0) is 18.4. The number of hydrogen-bond acceptors (Lipinski definition) is 3. The van der Waals surface area contributed by atoms with Gasteiger partial charge in [0.2, 0.25) is 0 Å². The van der Waals surface area contributed by atoms with E-state index in [-0.39, 0.29) is 12.2 Å². The third-order valence-corrected chi connectivity index (χ3v) is 4.41. The highest BCUT2D eigenvalue weighted by atomic mass is 16.5. The molecule has 3 aromatic rings. The number of rotatable bonds is 8. The lowest BCUT2D eigenvalue weighted by Gasteiger charge is -2.13. The standard InChI is InChI=1S/C22H22O4/c23-13-4-3-6-16-11-12-20(22(24)25)21(14-16)26-15-18-9-5-8-17-7-1-2-10-19(17)18/h1-2,5,7-12,14,23H,3-4,6,13,15H2,(H,24,25). The van der Waals surface area contributed by atoms with Gasteiger partial charge in [-0.25, -0.2) is 4.79 Å². The average Bonchev–Trinajstić information content (AvgIpc) is 2.66. The Morgan fingerprint density at radius 3 is 2.58 bits per heavy atom. The number of aryl methyl sites for hydroxylation is 1. The minimum atomic E-state index is -1.00. The van der Waals surface area contributed by atoms with Crippen molar-refractivity contribution in [2.24, 2.45) is 0 Å². The summed E-state index contributed by atoms with van der Waals surface area (Å²) in [4.78, 5) is 11.5. The molecule has 26 heavy (non-hydrogen) atoms. The lowest BCUT2D eigenvalue weighted by molar-refractivity contribution is 0.0691. The topological polar surface area (TPSA) is 66.8 Å². The van der Waals surface area contributed by atoms with Crippen LogP contribution in [-0.2, 0) is 13.0 Å². The first-order valence-corrected chi connectivity index (χ1v) is 8.75. The molecule has 0 unspecified atom stereocenters. The highest BCUT2D eigenvalue weighted by Gasteiger charge is 2.13. The third-order valence-electron chi connectivity index (χ3n) is 4.41. The minimum Gasteiger partial charge on any atom is -0.488 e. The van der Waals surface area contributed by atoms with Crippen molar-refractivity contribution in [2.45, 2.75) is 25.9 Å². The SMILES string of the molecule is O=C(O)c1ccc(CCCCO)cc1OCc1cccc2ccccc12. The second kappa shape index (κ2) is 8.50. The molecule has 0 atom stereocenters. The molecule has 134 valence electrons. The van der Waals surface area contributed by atoms with Crippen molar-refractivity contribution in [2.75, 3.05) is 6.61 Å². The molecular weight excluding hydrogens is 328 g/mol. The number of benzene rings is 3. The van der Waals surface area contributed by atoms with Crippen LogP contribution in [0.15, 0.2) is 60.7 Å². The van der Waals surface area contributed by atoms with Gasteiger partial charge in [-0.2, -0.15) is 0 Å². The van der Waals surface area contributed by atoms with E-state index in [1.165, 1.54) is 0 Å². The van der Waals surface area contributed by atoms with Gasteiger partial charge in [-0.15, -0.1) is 0 Å². The maximum absolute atomic E-state index is 11.5. The van der Waals surface area contributed by atoms with Gasteiger partial charge >= 0.3 is 5.97 Å². The number of fused-ring (bicyclic) bond motifs is 1. The van der Waals surface area contributed by atoms with E-state index in [0.29, 0.717) is 12.4 Å². The molecule has 3 aromatic carbocycles. The van der Waals surface area contributed by atoms with E-state index in [9.17, 15) is 9.90 Å². The van der Waals surface area contributed by atoms with Gasteiger partial charge in [-0.05, 0) is 53.3 Å². The normalized spacial score (nSPS) is 10.8. The molecule has 4 nitrogen and oxygen atoms in total. The second-order valence-corrected chi connectivity index (χ2v) is 6.24. The molecule has 0 radical (unpaired) electrons. The maximum atomic E-state index is 11.5. The zero-order valence-electron chi connectivity index (χ0n) is 14.5. The molecule has 0 aromatic heterocycles. The van der Waals surface area contributed by atoms with Crippen molar-refractivity contribution in [3.05, 3.63) is 77.4 Å². The number of aliphatic hydroxyl groups excluding tert-OH is 1. The molecule has 0 saturated carbocycles. The predicted molar refractivity (Wildman–Crippen MR) is 102 cm³/mol. The van der Waals surface area contributed by atoms with Crippen molar-refractivity contribution in [1.29, 1.82) is 0 Å². The molecule has 3 rings (SSSR count). The summed E-state index contributed by atoms with van der Waals surface area (Å²) in [7, 11) is 0. The van der Waals surface area contributed by atoms with Crippen LogP contribution in [0.25, 0.3) is 10.8 Å². The summed E-state index contributed by atoms with van der Waals surface area (Å²) < 4.78 is 5.91. The van der Waals surface area contributed by atoms with Crippen molar-refractivity contribution >= 4 is 16.7 Å². The fourth-order valence-corrected chi connectivity index (χ4v) is 3.03. The van der Waals surface area contributed by atoms with Crippen LogP contribution in [0.2, 0.25) is 0 Å². The van der Waals surface area contributed by atoms with Crippen LogP contribution in [0, 0.1) is 0 Å². The van der Waals surface area contributed by atoms with E-state index in [1.807, 2.05) is 48.5 Å². The number of carboxylic acid groups (broad SMARTS) is 1.